The highest BCUT2D eigenvalue weighted by atomic mass is 28.3. The van der Waals surface area contributed by atoms with Crippen LogP contribution in [0, 0.1) is 12.3 Å². The molecule has 0 bridgehead atoms. The number of rotatable bonds is 4. The van der Waals surface area contributed by atoms with Gasteiger partial charge in [0.2, 0.25) is 0 Å². The first-order chi connectivity index (χ1) is 9.30. The van der Waals surface area contributed by atoms with Crippen LogP contribution in [0.2, 0.25) is 18.1 Å². The molecule has 0 saturated heterocycles. The lowest BCUT2D eigenvalue weighted by Gasteiger charge is -2.46. The summed E-state index contributed by atoms with van der Waals surface area (Å²) in [4.78, 5) is 0. The van der Waals surface area contributed by atoms with Gasteiger partial charge in [0.15, 0.2) is 0 Å². The summed E-state index contributed by atoms with van der Waals surface area (Å²) in [6.45, 7) is 15.3. The molecule has 2 atom stereocenters. The third-order valence-corrected chi connectivity index (χ3v) is 11.5. The van der Waals surface area contributed by atoms with Crippen LogP contribution in [0.15, 0.2) is 0 Å². The Kier molecular flexibility index (Phi) is 7.27. The molecule has 0 amide bonds. The van der Waals surface area contributed by atoms with Gasteiger partial charge in [0.1, 0.15) is 0 Å². The van der Waals surface area contributed by atoms with Crippen LogP contribution in [0.3, 0.4) is 0 Å². The van der Waals surface area contributed by atoms with Crippen molar-refractivity contribution in [1.29, 1.82) is 0 Å². The third-order valence-electron chi connectivity index (χ3n) is 5.59. The van der Waals surface area contributed by atoms with Crippen molar-refractivity contribution in [2.24, 2.45) is 5.92 Å². The summed E-state index contributed by atoms with van der Waals surface area (Å²) in [5.41, 5.74) is 0.491. The van der Waals surface area contributed by atoms with Crippen LogP contribution in [0.25, 0.3) is 0 Å². The lowest BCUT2D eigenvalue weighted by atomic mass is 9.97. The van der Waals surface area contributed by atoms with Crippen molar-refractivity contribution in [3.8, 4) is 0 Å². The lowest BCUT2D eigenvalue weighted by Crippen LogP contribution is -2.54. The Labute approximate surface area is 128 Å². The zero-order chi connectivity index (χ0) is 15.2. The normalized spacial score (nSPS) is 21.9. The summed E-state index contributed by atoms with van der Waals surface area (Å²) in [6.07, 6.45) is 12.3. The van der Waals surface area contributed by atoms with Crippen LogP contribution in [0.5, 0.6) is 0 Å². The van der Waals surface area contributed by atoms with Crippen LogP contribution in [-0.4, -0.2) is 20.4 Å². The molecule has 1 fully saturated rings. The molecule has 0 N–H and O–H groups in total. The molecule has 1 rings (SSSR count). The zero-order valence-corrected chi connectivity index (χ0v) is 15.8. The van der Waals surface area contributed by atoms with Gasteiger partial charge in [-0.15, -0.1) is 0 Å². The molecule has 1 saturated carbocycles. The Bertz CT molecular complexity index is 257. The van der Waals surface area contributed by atoms with Crippen molar-refractivity contribution in [1.82, 2.24) is 0 Å². The smallest absolute Gasteiger partial charge is 0.0872 e. The largest absolute Gasteiger partial charge is 0.382 e. The maximum atomic E-state index is 6.34. The minimum Gasteiger partial charge on any atom is -0.382 e. The standard InChI is InChI=1S/C18H37OSi/c1-7-19-17(20(5,6)18(2,3)4)16-14-12-10-8-9-11-13-15-16/h14,16-17H,7-13,15H2,1-6H3. The highest BCUT2D eigenvalue weighted by molar-refractivity contribution is 6.81. The van der Waals surface area contributed by atoms with E-state index in [2.05, 4.69) is 47.2 Å². The first kappa shape index (κ1) is 18.2. The number of hydrogen-bond donors (Lipinski definition) is 0. The minimum atomic E-state index is -1.45. The Balaban J connectivity index is 2.86. The van der Waals surface area contributed by atoms with E-state index in [0.717, 1.165) is 6.61 Å². The van der Waals surface area contributed by atoms with E-state index in [4.69, 9.17) is 4.74 Å². The topological polar surface area (TPSA) is 9.23 Å². The molecule has 1 aliphatic rings. The van der Waals surface area contributed by atoms with Crippen LogP contribution in [0.1, 0.15) is 72.6 Å². The highest BCUT2D eigenvalue weighted by Gasteiger charge is 2.45. The summed E-state index contributed by atoms with van der Waals surface area (Å²) in [7, 11) is -1.45. The van der Waals surface area contributed by atoms with E-state index in [1.54, 1.807) is 0 Å². The second-order valence-corrected chi connectivity index (χ2v) is 13.6. The van der Waals surface area contributed by atoms with Gasteiger partial charge in [-0.25, -0.2) is 0 Å². The molecule has 0 aliphatic heterocycles. The van der Waals surface area contributed by atoms with Crippen molar-refractivity contribution in [3.05, 3.63) is 6.42 Å². The van der Waals surface area contributed by atoms with E-state index in [0.29, 0.717) is 16.7 Å². The molecule has 0 aromatic rings. The van der Waals surface area contributed by atoms with E-state index in [9.17, 15) is 0 Å². The molecular formula is C18H37OSi. The van der Waals surface area contributed by atoms with Crippen LogP contribution < -0.4 is 0 Å². The van der Waals surface area contributed by atoms with Gasteiger partial charge in [0.05, 0.1) is 13.8 Å². The summed E-state index contributed by atoms with van der Waals surface area (Å²) < 4.78 is 6.34. The van der Waals surface area contributed by atoms with Gasteiger partial charge >= 0.3 is 0 Å². The fourth-order valence-corrected chi connectivity index (χ4v) is 6.06. The molecule has 119 valence electrons. The summed E-state index contributed by atoms with van der Waals surface area (Å²) in [5.74, 6) is 0.689. The Hall–Kier alpha value is 0.177. The fraction of sp³-hybridized carbons (Fsp3) is 0.944. The molecule has 0 aromatic carbocycles. The van der Waals surface area contributed by atoms with Gasteiger partial charge in [0, 0.05) is 6.61 Å². The molecule has 0 spiro atoms. The van der Waals surface area contributed by atoms with Gasteiger partial charge in [-0.1, -0.05) is 66.0 Å². The molecular weight excluding hydrogens is 260 g/mol. The van der Waals surface area contributed by atoms with Crippen LogP contribution in [0.4, 0.5) is 0 Å². The number of ether oxygens (including phenoxy) is 1. The van der Waals surface area contributed by atoms with Gasteiger partial charge in [0.25, 0.3) is 0 Å². The van der Waals surface area contributed by atoms with E-state index in [1.807, 2.05) is 0 Å². The maximum absolute atomic E-state index is 6.34. The molecule has 2 heteroatoms. The van der Waals surface area contributed by atoms with E-state index < -0.39 is 8.07 Å². The van der Waals surface area contributed by atoms with Crippen molar-refractivity contribution < 1.29 is 4.74 Å². The molecule has 1 nitrogen and oxygen atoms in total. The minimum absolute atomic E-state index is 0.402. The predicted octanol–water partition coefficient (Wildman–Crippen LogP) is 6.00. The van der Waals surface area contributed by atoms with Gasteiger partial charge in [-0.3, -0.25) is 0 Å². The van der Waals surface area contributed by atoms with Gasteiger partial charge in [-0.05, 0) is 37.1 Å². The monoisotopic (exact) mass is 297 g/mol. The predicted molar refractivity (Wildman–Crippen MR) is 92.7 cm³/mol. The zero-order valence-electron chi connectivity index (χ0n) is 14.8. The summed E-state index contributed by atoms with van der Waals surface area (Å²) >= 11 is 0. The third kappa shape index (κ3) is 4.87. The van der Waals surface area contributed by atoms with Crippen molar-refractivity contribution in [2.45, 2.75) is 96.5 Å². The van der Waals surface area contributed by atoms with Gasteiger partial charge in [-0.2, -0.15) is 0 Å². The molecule has 0 heterocycles. The summed E-state index contributed by atoms with van der Waals surface area (Å²) in [6, 6.07) is 0. The Morgan fingerprint density at radius 3 is 2.30 bits per heavy atom. The molecule has 0 aromatic heterocycles. The van der Waals surface area contributed by atoms with Crippen LogP contribution in [-0.2, 0) is 4.74 Å². The van der Waals surface area contributed by atoms with E-state index in [1.165, 1.54) is 44.9 Å². The Morgan fingerprint density at radius 2 is 1.70 bits per heavy atom. The fourth-order valence-electron chi connectivity index (χ4n) is 3.25. The van der Waals surface area contributed by atoms with E-state index in [-0.39, 0.29) is 0 Å². The Morgan fingerprint density at radius 1 is 1.10 bits per heavy atom. The molecule has 1 radical (unpaired) electrons. The molecule has 2 unspecified atom stereocenters. The molecule has 20 heavy (non-hydrogen) atoms. The van der Waals surface area contributed by atoms with Crippen molar-refractivity contribution in [2.75, 3.05) is 6.61 Å². The highest BCUT2D eigenvalue weighted by Crippen LogP contribution is 2.43. The van der Waals surface area contributed by atoms with Crippen LogP contribution >= 0.6 is 0 Å². The average molecular weight is 298 g/mol. The SMILES string of the molecule is CCOC(C1[CH]CCCCCCC1)[Si](C)(C)C(C)(C)C. The summed E-state index contributed by atoms with van der Waals surface area (Å²) in [5, 5.41) is 0.402. The van der Waals surface area contributed by atoms with Crippen molar-refractivity contribution >= 4 is 8.07 Å². The average Bonchev–Trinajstić information content (AvgIpc) is 2.47. The van der Waals surface area contributed by atoms with Crippen molar-refractivity contribution in [3.63, 3.8) is 0 Å². The second-order valence-electron chi connectivity index (χ2n) is 8.09. The quantitative estimate of drug-likeness (QED) is 0.578. The van der Waals surface area contributed by atoms with E-state index >= 15 is 0 Å². The number of hydrogen-bond acceptors (Lipinski definition) is 1. The second kappa shape index (κ2) is 7.98. The maximum Gasteiger partial charge on any atom is 0.0872 e. The van der Waals surface area contributed by atoms with Gasteiger partial charge < -0.3 is 4.74 Å². The first-order valence-electron chi connectivity index (χ1n) is 8.75. The molecule has 1 aliphatic carbocycles. The first-order valence-corrected chi connectivity index (χ1v) is 11.8. The lowest BCUT2D eigenvalue weighted by molar-refractivity contribution is 0.0712.